The fourth-order valence-corrected chi connectivity index (χ4v) is 14.8. The van der Waals surface area contributed by atoms with Gasteiger partial charge < -0.3 is 56.8 Å². The summed E-state index contributed by atoms with van der Waals surface area (Å²) in [6.07, 6.45) is 17.8. The van der Waals surface area contributed by atoms with Crippen LogP contribution < -0.4 is 28.4 Å². The van der Waals surface area contributed by atoms with Crippen molar-refractivity contribution in [3.63, 3.8) is 0 Å². The summed E-state index contributed by atoms with van der Waals surface area (Å²) in [5, 5.41) is 0. The summed E-state index contributed by atoms with van der Waals surface area (Å²) >= 11 is 0. The van der Waals surface area contributed by atoms with Crippen molar-refractivity contribution >= 4 is 35.8 Å². The van der Waals surface area contributed by atoms with Gasteiger partial charge in [0, 0.05) is 47.8 Å². The van der Waals surface area contributed by atoms with Crippen LogP contribution in [0.25, 0.3) is 22.3 Å². The van der Waals surface area contributed by atoms with Crippen molar-refractivity contribution in [2.45, 2.75) is 205 Å². The lowest BCUT2D eigenvalue weighted by Gasteiger charge is -2.22. The predicted octanol–water partition coefficient (Wildman–Crippen LogP) is 28.5. The highest BCUT2D eigenvalue weighted by Gasteiger charge is 2.36. The molecular formula is C120H154O18. The van der Waals surface area contributed by atoms with Crippen LogP contribution in [0.15, 0.2) is 313 Å². The molecule has 0 bridgehead atoms. The van der Waals surface area contributed by atoms with E-state index in [1.807, 2.05) is 146 Å². The number of ether oxygens (including phenoxy) is 12. The number of aryl methyl sites for hydroxylation is 13. The average molecular weight is 1880 g/mol. The molecule has 0 saturated heterocycles. The summed E-state index contributed by atoms with van der Waals surface area (Å²) in [6.45, 7) is 28.4. The molecular weight excluding hydrogens is 1730 g/mol. The molecule has 0 heterocycles. The van der Waals surface area contributed by atoms with Gasteiger partial charge in [0.15, 0.2) is 0 Å². The van der Waals surface area contributed by atoms with E-state index < -0.39 is 35.8 Å². The van der Waals surface area contributed by atoms with Crippen molar-refractivity contribution in [2.75, 3.05) is 40.8 Å². The lowest BCUT2D eigenvalue weighted by Crippen LogP contribution is -2.15. The quantitative estimate of drug-likeness (QED) is 0.0150. The summed E-state index contributed by atoms with van der Waals surface area (Å²) in [4.78, 5) is 66.7. The van der Waals surface area contributed by atoms with Crippen molar-refractivity contribution in [1.29, 1.82) is 0 Å². The maximum Gasteiger partial charge on any atom is 0.333 e. The maximum absolute atomic E-state index is 11.2. The highest BCUT2D eigenvalue weighted by atomic mass is 16.7. The molecule has 0 amide bonds. The molecule has 18 heteroatoms. The van der Waals surface area contributed by atoms with Gasteiger partial charge in [0.2, 0.25) is 40.8 Å². The summed E-state index contributed by atoms with van der Waals surface area (Å²) in [5.41, 5.74) is 27.3. The van der Waals surface area contributed by atoms with Crippen LogP contribution in [0.3, 0.4) is 0 Å². The number of benzene rings is 11. The van der Waals surface area contributed by atoms with Crippen LogP contribution >= 0.6 is 0 Å². The Kier molecular flexibility index (Phi) is 57.9. The van der Waals surface area contributed by atoms with E-state index >= 15 is 0 Å². The second-order valence-electron chi connectivity index (χ2n) is 30.7. The molecule has 11 aromatic rings. The second kappa shape index (κ2) is 63.7. The van der Waals surface area contributed by atoms with E-state index in [9.17, 15) is 28.8 Å². The van der Waals surface area contributed by atoms with E-state index in [1.54, 1.807) is 0 Å². The van der Waals surface area contributed by atoms with Gasteiger partial charge in [-0.15, -0.1) is 0 Å². The van der Waals surface area contributed by atoms with E-state index in [0.717, 1.165) is 114 Å². The molecule has 0 atom stereocenters. The van der Waals surface area contributed by atoms with Crippen LogP contribution in [-0.2, 0) is 140 Å². The fraction of sp³-hybridized carbons (Fsp3) is 0.300. The summed E-state index contributed by atoms with van der Waals surface area (Å²) in [7, 11) is 0. The Labute approximate surface area is 826 Å². The molecule has 138 heavy (non-hydrogen) atoms. The number of fused-ring (bicyclic) bond motifs is 6. The normalized spacial score (nSPS) is 10.5. The zero-order valence-electron chi connectivity index (χ0n) is 71.9. The summed E-state index contributed by atoms with van der Waals surface area (Å²) in [5.74, 6) is 1.21. The molecule has 0 saturated carbocycles. The third kappa shape index (κ3) is 37.6. The Balaban J connectivity index is 0. The molecule has 0 unspecified atom stereocenters. The predicted molar refractivity (Wildman–Crippen MR) is 569 cm³/mol. The number of hydrogen-bond donors (Lipinski definition) is 0. The van der Waals surface area contributed by atoms with E-state index in [1.165, 1.54) is 117 Å². The minimum absolute atomic E-state index is 0. The van der Waals surface area contributed by atoms with Crippen LogP contribution in [0.1, 0.15) is 210 Å². The molecule has 0 N–H and O–H groups in total. The third-order valence-corrected chi connectivity index (χ3v) is 22.0. The van der Waals surface area contributed by atoms with Crippen LogP contribution in [0.2, 0.25) is 0 Å². The first-order valence-corrected chi connectivity index (χ1v) is 41.8. The molecule has 0 radical (unpaired) electrons. The van der Waals surface area contributed by atoms with Crippen LogP contribution in [-0.4, -0.2) is 76.6 Å². The standard InChI is InChI=1S/C39H38O6.C38H36O6.C31H32O6.12CH4/c1-5-37(40)44-25-42-31-17-11-27(12-18-31)7-9-29-15-21-33-34-22-16-30(24-36(34)39(3,4)35(33)23-29)10-8-28-13-19-32(20-14-28)43-26-45-38(41)6-2;1-4-37(39)43-24-41-31-16-10-27(11-17-31)6-8-29-14-20-33-34-21-15-30(23-36(34)26(3)35(33)22-29)9-7-28-12-18-32(19-13-28)42-25-44-38(40)5-2;1-4-30(32)36-21-34-28-16-10-24(11-17-28)6-7-26-9-15-27(23(3)20-26)14-8-25-12-18-29(19-13-25)35-22-37-31(33)5-2;;;;;;;;;;;;/h5-6,11-24H,1-2,7-10,25-26H2,3-4H3;4-5,10-23,26H,1-2,6-9,24-25H2,3H3;4-5,9-13,15-20H,1-2,6-8,14,21-22H2,3H3;12*1H4. The fourth-order valence-electron chi connectivity index (χ4n) is 14.8. The van der Waals surface area contributed by atoms with E-state index in [0.29, 0.717) is 40.4 Å². The Hall–Kier alpha value is -14.5. The first-order chi connectivity index (χ1) is 61.1. The SMILES string of the molecule is C.C.C.C.C.C.C.C.C.C.C.C.C=CC(=O)OCOc1ccc(CCc2ccc(CCc3ccc(OCOC(=O)C=C)cc3)c(C)c2)cc1.C=CC(=O)OCOc1ccc(CCc2ccc3c(c2)C(C)(C)c2cc(CCc4ccc(OCOC(=O)C=C)cc4)ccc2-3)cc1.C=CC(=O)OCOc1ccc(CCc2ccc3c(c2)C(C)c2cc(CCc4ccc(OCOC(=O)C=C)cc4)ccc2-3)cc1. The Bertz CT molecular complexity index is 5360. The van der Waals surface area contributed by atoms with Gasteiger partial charge in [0.1, 0.15) is 34.5 Å². The molecule has 2 aliphatic rings. The molecule has 18 nitrogen and oxygen atoms in total. The van der Waals surface area contributed by atoms with Gasteiger partial charge in [-0.2, -0.15) is 0 Å². The highest BCUT2D eigenvalue weighted by Crippen LogP contribution is 2.50. The number of hydrogen-bond acceptors (Lipinski definition) is 18. The average Bonchev–Trinajstić information content (AvgIpc) is 1.58. The van der Waals surface area contributed by atoms with Crippen LogP contribution in [0.4, 0.5) is 0 Å². The van der Waals surface area contributed by atoms with E-state index in [2.05, 4.69) is 158 Å². The van der Waals surface area contributed by atoms with Crippen molar-refractivity contribution in [1.82, 2.24) is 0 Å². The van der Waals surface area contributed by atoms with Gasteiger partial charge >= 0.3 is 35.8 Å². The van der Waals surface area contributed by atoms with Gasteiger partial charge in [0.05, 0.1) is 0 Å². The van der Waals surface area contributed by atoms with Crippen molar-refractivity contribution in [3.05, 3.63) is 407 Å². The summed E-state index contributed by atoms with van der Waals surface area (Å²) in [6, 6.07) is 81.4. The lowest BCUT2D eigenvalue weighted by molar-refractivity contribution is -0.145. The smallest absolute Gasteiger partial charge is 0.333 e. The second-order valence-corrected chi connectivity index (χ2v) is 30.7. The lowest BCUT2D eigenvalue weighted by atomic mass is 9.81. The first kappa shape index (κ1) is 126. The Morgan fingerprint density at radius 3 is 0.645 bits per heavy atom. The topological polar surface area (TPSA) is 213 Å². The molecule has 2 aliphatic carbocycles. The number of rotatable bonds is 42. The maximum atomic E-state index is 11.2. The molecule has 11 aromatic carbocycles. The van der Waals surface area contributed by atoms with Gasteiger partial charge in [-0.25, -0.2) is 28.8 Å². The van der Waals surface area contributed by atoms with Crippen molar-refractivity contribution in [3.8, 4) is 56.8 Å². The first-order valence-electron chi connectivity index (χ1n) is 41.8. The largest absolute Gasteiger partial charge is 0.457 e. The van der Waals surface area contributed by atoms with Crippen LogP contribution in [0, 0.1) is 6.92 Å². The van der Waals surface area contributed by atoms with Gasteiger partial charge in [-0.3, -0.25) is 0 Å². The highest BCUT2D eigenvalue weighted by molar-refractivity contribution is 5.84. The molecule has 0 fully saturated rings. The Morgan fingerprint density at radius 1 is 0.246 bits per heavy atom. The molecule has 742 valence electrons. The third-order valence-electron chi connectivity index (χ3n) is 22.0. The van der Waals surface area contributed by atoms with Crippen molar-refractivity contribution in [2.24, 2.45) is 0 Å². The van der Waals surface area contributed by atoms with Gasteiger partial charge in [-0.1, -0.05) is 313 Å². The molecule has 0 aromatic heterocycles. The summed E-state index contributed by atoms with van der Waals surface area (Å²) < 4.78 is 61.7. The zero-order valence-corrected chi connectivity index (χ0v) is 71.9. The van der Waals surface area contributed by atoms with Crippen molar-refractivity contribution < 1.29 is 85.6 Å². The monoisotopic (exact) mass is 1880 g/mol. The zero-order chi connectivity index (χ0) is 89.2. The molecule has 13 rings (SSSR count). The number of esters is 6. The molecule has 0 aliphatic heterocycles. The molecule has 0 spiro atoms. The van der Waals surface area contributed by atoms with Crippen LogP contribution in [0.5, 0.6) is 34.5 Å². The Morgan fingerprint density at radius 2 is 0.428 bits per heavy atom. The van der Waals surface area contributed by atoms with Gasteiger partial charge in [0.25, 0.3) is 0 Å². The van der Waals surface area contributed by atoms with Gasteiger partial charge in [-0.05, 0) is 274 Å². The van der Waals surface area contributed by atoms with E-state index in [-0.39, 0.29) is 135 Å². The number of carbonyl (C=O) groups excluding carboxylic acids is 6. The number of carbonyl (C=O) groups is 6. The minimum Gasteiger partial charge on any atom is -0.457 e. The van der Waals surface area contributed by atoms with E-state index in [4.69, 9.17) is 56.8 Å². The minimum atomic E-state index is -0.510.